The molecule has 0 aromatic rings. The van der Waals surface area contributed by atoms with Gasteiger partial charge in [0.1, 0.15) is 0 Å². The highest BCUT2D eigenvalue weighted by molar-refractivity contribution is 9.09. The first-order chi connectivity index (χ1) is 8.78. The highest BCUT2D eigenvalue weighted by Crippen LogP contribution is 2.38. The zero-order valence-electron chi connectivity index (χ0n) is 11.6. The monoisotopic (exact) mass is 318 g/mol. The Labute approximate surface area is 120 Å². The van der Waals surface area contributed by atoms with Crippen LogP contribution in [0.5, 0.6) is 0 Å². The normalized spacial score (nSPS) is 34.7. The first-order valence-corrected chi connectivity index (χ1v) is 8.68. The van der Waals surface area contributed by atoms with Crippen molar-refractivity contribution in [2.24, 2.45) is 11.8 Å². The molecule has 2 fully saturated rings. The van der Waals surface area contributed by atoms with Crippen LogP contribution in [0, 0.1) is 11.8 Å². The Bertz CT molecular complexity index is 231. The molecule has 106 valence electrons. The molecule has 2 aliphatic rings. The van der Waals surface area contributed by atoms with Crippen molar-refractivity contribution in [2.45, 2.75) is 57.5 Å². The summed E-state index contributed by atoms with van der Waals surface area (Å²) in [6.07, 6.45) is 8.84. The van der Waals surface area contributed by atoms with Crippen molar-refractivity contribution in [3.63, 3.8) is 0 Å². The standard InChI is InChI=1S/C15H27BrO2/c1-2-13-3-7-15(12-16,8-4-13)18-11-14-5-9-17-10-6-14/h13-14H,2-12H2,1H3. The number of hydrogen-bond acceptors (Lipinski definition) is 2. The Kier molecular flexibility index (Phi) is 5.96. The lowest BCUT2D eigenvalue weighted by atomic mass is 9.78. The first kappa shape index (κ1) is 14.8. The van der Waals surface area contributed by atoms with Gasteiger partial charge in [0.15, 0.2) is 0 Å². The van der Waals surface area contributed by atoms with Gasteiger partial charge in [-0.25, -0.2) is 0 Å². The van der Waals surface area contributed by atoms with Crippen LogP contribution in [0.15, 0.2) is 0 Å². The Balaban J connectivity index is 1.77. The fourth-order valence-corrected chi connectivity index (χ4v) is 3.86. The van der Waals surface area contributed by atoms with Crippen molar-refractivity contribution >= 4 is 15.9 Å². The number of hydrogen-bond donors (Lipinski definition) is 0. The van der Waals surface area contributed by atoms with E-state index in [4.69, 9.17) is 9.47 Å². The predicted octanol–water partition coefficient (Wildman–Crippen LogP) is 4.16. The van der Waals surface area contributed by atoms with Gasteiger partial charge in [0, 0.05) is 18.5 Å². The highest BCUT2D eigenvalue weighted by Gasteiger charge is 2.35. The van der Waals surface area contributed by atoms with Gasteiger partial charge in [-0.05, 0) is 50.4 Å². The summed E-state index contributed by atoms with van der Waals surface area (Å²) in [5, 5.41) is 1.000. The van der Waals surface area contributed by atoms with Gasteiger partial charge in [-0.2, -0.15) is 0 Å². The molecule has 0 aromatic carbocycles. The molecule has 0 atom stereocenters. The quantitative estimate of drug-likeness (QED) is 0.708. The molecule has 2 rings (SSSR count). The molecular formula is C15H27BrO2. The Morgan fingerprint density at radius 3 is 2.33 bits per heavy atom. The van der Waals surface area contributed by atoms with E-state index in [1.54, 1.807) is 0 Å². The summed E-state index contributed by atoms with van der Waals surface area (Å²) in [5.74, 6) is 1.66. The van der Waals surface area contributed by atoms with Gasteiger partial charge >= 0.3 is 0 Å². The summed E-state index contributed by atoms with van der Waals surface area (Å²) in [6.45, 7) is 5.10. The van der Waals surface area contributed by atoms with Gasteiger partial charge in [0.2, 0.25) is 0 Å². The summed E-state index contributed by atoms with van der Waals surface area (Å²) in [4.78, 5) is 0. The van der Waals surface area contributed by atoms with Gasteiger partial charge in [-0.1, -0.05) is 29.3 Å². The van der Waals surface area contributed by atoms with Crippen LogP contribution in [0.25, 0.3) is 0 Å². The molecule has 0 aromatic heterocycles. The second-order valence-corrected chi connectivity index (χ2v) is 6.60. The van der Waals surface area contributed by atoms with Crippen molar-refractivity contribution < 1.29 is 9.47 Å². The molecule has 0 N–H and O–H groups in total. The smallest absolute Gasteiger partial charge is 0.0779 e. The van der Waals surface area contributed by atoms with E-state index in [9.17, 15) is 0 Å². The van der Waals surface area contributed by atoms with E-state index in [-0.39, 0.29) is 5.60 Å². The summed E-state index contributed by atoms with van der Waals surface area (Å²) in [5.41, 5.74) is 0.129. The second-order valence-electron chi connectivity index (χ2n) is 6.04. The maximum atomic E-state index is 6.35. The van der Waals surface area contributed by atoms with Crippen LogP contribution in [0.1, 0.15) is 51.9 Å². The maximum Gasteiger partial charge on any atom is 0.0779 e. The summed E-state index contributed by atoms with van der Waals surface area (Å²) >= 11 is 3.69. The molecule has 3 heteroatoms. The third kappa shape index (κ3) is 3.94. The van der Waals surface area contributed by atoms with Crippen LogP contribution in [-0.2, 0) is 9.47 Å². The fraction of sp³-hybridized carbons (Fsp3) is 1.00. The van der Waals surface area contributed by atoms with E-state index in [0.717, 1.165) is 37.0 Å². The van der Waals surface area contributed by atoms with Gasteiger partial charge in [0.05, 0.1) is 12.2 Å². The molecule has 1 heterocycles. The fourth-order valence-electron chi connectivity index (χ4n) is 3.14. The average Bonchev–Trinajstić information content (AvgIpc) is 2.47. The lowest BCUT2D eigenvalue weighted by molar-refractivity contribution is -0.0858. The van der Waals surface area contributed by atoms with Crippen LogP contribution < -0.4 is 0 Å². The van der Waals surface area contributed by atoms with E-state index in [2.05, 4.69) is 22.9 Å². The predicted molar refractivity (Wildman–Crippen MR) is 78.3 cm³/mol. The SMILES string of the molecule is CCC1CCC(CBr)(OCC2CCOCC2)CC1. The molecule has 18 heavy (non-hydrogen) atoms. The third-order valence-corrected chi connectivity index (χ3v) is 5.83. The maximum absolute atomic E-state index is 6.35. The summed E-state index contributed by atoms with van der Waals surface area (Å²) < 4.78 is 11.8. The van der Waals surface area contributed by atoms with Crippen molar-refractivity contribution in [3.8, 4) is 0 Å². The van der Waals surface area contributed by atoms with Crippen LogP contribution in [0.4, 0.5) is 0 Å². The number of ether oxygens (including phenoxy) is 2. The molecule has 0 radical (unpaired) electrons. The number of rotatable bonds is 5. The topological polar surface area (TPSA) is 18.5 Å². The van der Waals surface area contributed by atoms with Crippen LogP contribution >= 0.6 is 15.9 Å². The third-order valence-electron chi connectivity index (χ3n) is 4.80. The number of halogens is 1. The molecular weight excluding hydrogens is 292 g/mol. The molecule has 1 saturated carbocycles. The minimum Gasteiger partial charge on any atom is -0.381 e. The Hall–Kier alpha value is 0.400. The van der Waals surface area contributed by atoms with Crippen molar-refractivity contribution in [1.29, 1.82) is 0 Å². The van der Waals surface area contributed by atoms with E-state index in [1.165, 1.54) is 44.9 Å². The molecule has 0 amide bonds. The first-order valence-electron chi connectivity index (χ1n) is 7.55. The molecule has 0 bridgehead atoms. The van der Waals surface area contributed by atoms with Gasteiger partial charge in [0.25, 0.3) is 0 Å². The summed E-state index contributed by atoms with van der Waals surface area (Å²) in [6, 6.07) is 0. The minimum absolute atomic E-state index is 0.129. The summed E-state index contributed by atoms with van der Waals surface area (Å²) in [7, 11) is 0. The molecule has 0 unspecified atom stereocenters. The van der Waals surface area contributed by atoms with Crippen LogP contribution in [0.2, 0.25) is 0 Å². The van der Waals surface area contributed by atoms with E-state index >= 15 is 0 Å². The zero-order chi connectivity index (χ0) is 12.8. The lowest BCUT2D eigenvalue weighted by Gasteiger charge is -2.40. The van der Waals surface area contributed by atoms with Gasteiger partial charge < -0.3 is 9.47 Å². The van der Waals surface area contributed by atoms with E-state index in [0.29, 0.717) is 0 Å². The van der Waals surface area contributed by atoms with Crippen molar-refractivity contribution in [3.05, 3.63) is 0 Å². The molecule has 1 saturated heterocycles. The largest absolute Gasteiger partial charge is 0.381 e. The zero-order valence-corrected chi connectivity index (χ0v) is 13.2. The molecule has 1 aliphatic carbocycles. The molecule has 1 aliphatic heterocycles. The van der Waals surface area contributed by atoms with Crippen LogP contribution in [0.3, 0.4) is 0 Å². The number of alkyl halides is 1. The van der Waals surface area contributed by atoms with Gasteiger partial charge in [-0.3, -0.25) is 0 Å². The van der Waals surface area contributed by atoms with Crippen molar-refractivity contribution in [1.82, 2.24) is 0 Å². The highest BCUT2D eigenvalue weighted by atomic mass is 79.9. The van der Waals surface area contributed by atoms with Crippen LogP contribution in [-0.4, -0.2) is 30.8 Å². The molecule has 2 nitrogen and oxygen atoms in total. The van der Waals surface area contributed by atoms with E-state index < -0.39 is 0 Å². The van der Waals surface area contributed by atoms with Gasteiger partial charge in [-0.15, -0.1) is 0 Å². The Morgan fingerprint density at radius 1 is 1.11 bits per heavy atom. The van der Waals surface area contributed by atoms with E-state index in [1.807, 2.05) is 0 Å². The average molecular weight is 319 g/mol. The lowest BCUT2D eigenvalue weighted by Crippen LogP contribution is -2.40. The second kappa shape index (κ2) is 7.25. The van der Waals surface area contributed by atoms with Crippen molar-refractivity contribution in [2.75, 3.05) is 25.2 Å². The Morgan fingerprint density at radius 2 is 1.78 bits per heavy atom. The molecule has 0 spiro atoms. The minimum atomic E-state index is 0.129.